The van der Waals surface area contributed by atoms with E-state index in [-0.39, 0.29) is 4.90 Å². The van der Waals surface area contributed by atoms with Gasteiger partial charge >= 0.3 is 0 Å². The van der Waals surface area contributed by atoms with Gasteiger partial charge in [-0.25, -0.2) is 8.42 Å². The number of benzene rings is 4. The first kappa shape index (κ1) is 24.5. The second-order valence-corrected chi connectivity index (χ2v) is 10.4. The van der Waals surface area contributed by atoms with E-state index in [1.54, 1.807) is 36.4 Å². The third-order valence-electron chi connectivity index (χ3n) is 5.53. The second-order valence-electron chi connectivity index (χ2n) is 8.13. The summed E-state index contributed by atoms with van der Waals surface area (Å²) in [5.41, 5.74) is 3.17. The normalized spacial score (nSPS) is 12.1. The van der Waals surface area contributed by atoms with Crippen LogP contribution < -0.4 is 9.62 Å². The van der Waals surface area contributed by atoms with Crippen molar-refractivity contribution in [2.45, 2.75) is 17.9 Å². The molecule has 7 heteroatoms. The maximum absolute atomic E-state index is 13.6. The van der Waals surface area contributed by atoms with Gasteiger partial charge in [0.15, 0.2) is 0 Å². The fraction of sp³-hybridized carbons (Fsp3) is 0.107. The van der Waals surface area contributed by atoms with Gasteiger partial charge in [-0.3, -0.25) is 9.10 Å². The summed E-state index contributed by atoms with van der Waals surface area (Å²) >= 11 is 6.16. The summed E-state index contributed by atoms with van der Waals surface area (Å²) in [6.45, 7) is 1.58. The van der Waals surface area contributed by atoms with E-state index in [2.05, 4.69) is 5.32 Å². The maximum Gasteiger partial charge on any atom is 0.264 e. The fourth-order valence-electron chi connectivity index (χ4n) is 3.86. The minimum absolute atomic E-state index is 0.0890. The molecule has 178 valence electrons. The predicted octanol–water partition coefficient (Wildman–Crippen LogP) is 5.75. The first-order chi connectivity index (χ1) is 16.8. The number of amides is 1. The lowest BCUT2D eigenvalue weighted by Crippen LogP contribution is -2.42. The minimum Gasteiger partial charge on any atom is -0.344 e. The summed E-state index contributed by atoms with van der Waals surface area (Å²) in [4.78, 5) is 13.5. The Labute approximate surface area is 211 Å². The third kappa shape index (κ3) is 5.91. The molecule has 0 spiro atoms. The number of aryl methyl sites for hydroxylation is 1. The van der Waals surface area contributed by atoms with Crippen LogP contribution in [0.3, 0.4) is 0 Å². The minimum atomic E-state index is -4.02. The van der Waals surface area contributed by atoms with Gasteiger partial charge in [0.2, 0.25) is 5.91 Å². The topological polar surface area (TPSA) is 66.5 Å². The van der Waals surface area contributed by atoms with Crippen molar-refractivity contribution in [1.82, 2.24) is 5.32 Å². The van der Waals surface area contributed by atoms with Crippen molar-refractivity contribution in [2.24, 2.45) is 0 Å². The molecule has 0 radical (unpaired) electrons. The first-order valence-electron chi connectivity index (χ1n) is 11.1. The Kier molecular flexibility index (Phi) is 7.54. The molecule has 4 rings (SSSR count). The van der Waals surface area contributed by atoms with Gasteiger partial charge in [-0.15, -0.1) is 0 Å². The molecule has 1 atom stereocenters. The molecular weight excluding hydrogens is 480 g/mol. The molecule has 4 aromatic carbocycles. The van der Waals surface area contributed by atoms with E-state index in [0.29, 0.717) is 10.7 Å². The number of rotatable bonds is 8. The molecule has 0 aliphatic carbocycles. The van der Waals surface area contributed by atoms with Gasteiger partial charge in [0, 0.05) is 5.02 Å². The van der Waals surface area contributed by atoms with Crippen LogP contribution in [0, 0.1) is 6.92 Å². The smallest absolute Gasteiger partial charge is 0.264 e. The molecule has 0 aromatic heterocycles. The Balaban J connectivity index is 1.69. The third-order valence-corrected chi connectivity index (χ3v) is 7.55. The summed E-state index contributed by atoms with van der Waals surface area (Å²) in [5.74, 6) is -0.445. The van der Waals surface area contributed by atoms with Gasteiger partial charge in [0.1, 0.15) is 6.54 Å². The van der Waals surface area contributed by atoms with Crippen LogP contribution in [0.5, 0.6) is 0 Å². The Morgan fingerprint density at radius 1 is 0.829 bits per heavy atom. The van der Waals surface area contributed by atoms with Gasteiger partial charge in [0.05, 0.1) is 16.6 Å². The Bertz CT molecular complexity index is 1410. The van der Waals surface area contributed by atoms with E-state index in [9.17, 15) is 13.2 Å². The molecule has 5 nitrogen and oxygen atoms in total. The van der Waals surface area contributed by atoms with Crippen LogP contribution in [-0.2, 0) is 14.8 Å². The van der Waals surface area contributed by atoms with Crippen LogP contribution in [0.25, 0.3) is 0 Å². The summed E-state index contributed by atoms with van der Waals surface area (Å²) in [7, 11) is -4.02. The highest BCUT2D eigenvalue weighted by Gasteiger charge is 2.28. The molecule has 0 saturated carbocycles. The Morgan fingerprint density at radius 2 is 1.46 bits per heavy atom. The van der Waals surface area contributed by atoms with Crippen molar-refractivity contribution in [3.63, 3.8) is 0 Å². The van der Waals surface area contributed by atoms with Crippen molar-refractivity contribution >= 4 is 33.2 Å². The fourth-order valence-corrected chi connectivity index (χ4v) is 5.48. The van der Waals surface area contributed by atoms with E-state index < -0.39 is 28.5 Å². The monoisotopic (exact) mass is 504 g/mol. The standard InChI is InChI=1S/C28H25ClN2O3S/c1-21-10-8-13-23(18-21)28(22-11-4-2-5-12-22)30-27(32)20-31(25-15-9-14-24(29)19-25)35(33,34)26-16-6-3-7-17-26/h2-19,28H,20H2,1H3,(H,30,32). The zero-order chi connectivity index (χ0) is 24.8. The second kappa shape index (κ2) is 10.8. The molecule has 0 heterocycles. The van der Waals surface area contributed by atoms with E-state index in [1.807, 2.05) is 61.5 Å². The van der Waals surface area contributed by atoms with Crippen molar-refractivity contribution in [2.75, 3.05) is 10.8 Å². The summed E-state index contributed by atoms with van der Waals surface area (Å²) in [6.07, 6.45) is 0. The van der Waals surface area contributed by atoms with E-state index in [0.717, 1.165) is 21.0 Å². The number of anilines is 1. The lowest BCUT2D eigenvalue weighted by Gasteiger charge is -2.26. The highest BCUT2D eigenvalue weighted by Crippen LogP contribution is 2.27. The van der Waals surface area contributed by atoms with Gasteiger partial charge in [-0.1, -0.05) is 96.0 Å². The van der Waals surface area contributed by atoms with Gasteiger partial charge in [0.25, 0.3) is 10.0 Å². The number of hydrogen-bond acceptors (Lipinski definition) is 3. The van der Waals surface area contributed by atoms with Crippen molar-refractivity contribution in [3.05, 3.63) is 131 Å². The molecule has 0 fully saturated rings. The van der Waals surface area contributed by atoms with Gasteiger partial charge < -0.3 is 5.32 Å². The molecule has 0 aliphatic heterocycles. The molecule has 1 unspecified atom stereocenters. The van der Waals surface area contributed by atoms with Crippen molar-refractivity contribution in [3.8, 4) is 0 Å². The number of carbonyl (C=O) groups is 1. The lowest BCUT2D eigenvalue weighted by atomic mass is 9.97. The quantitative estimate of drug-likeness (QED) is 0.332. The SMILES string of the molecule is Cc1cccc(C(NC(=O)CN(c2cccc(Cl)c2)S(=O)(=O)c2ccccc2)c2ccccc2)c1. The number of sulfonamides is 1. The molecule has 0 bridgehead atoms. The van der Waals surface area contributed by atoms with Crippen LogP contribution >= 0.6 is 11.6 Å². The zero-order valence-corrected chi connectivity index (χ0v) is 20.7. The summed E-state index contributed by atoms with van der Waals surface area (Å²) in [6, 6.07) is 31.5. The number of carbonyl (C=O) groups excluding carboxylic acids is 1. The number of nitrogens with zero attached hydrogens (tertiary/aromatic N) is 1. The summed E-state index contributed by atoms with van der Waals surface area (Å²) in [5, 5.41) is 3.41. The Morgan fingerprint density at radius 3 is 2.11 bits per heavy atom. The highest BCUT2D eigenvalue weighted by molar-refractivity contribution is 7.92. The van der Waals surface area contributed by atoms with Crippen LogP contribution in [0.2, 0.25) is 5.02 Å². The van der Waals surface area contributed by atoms with Gasteiger partial charge in [-0.2, -0.15) is 0 Å². The predicted molar refractivity (Wildman–Crippen MR) is 140 cm³/mol. The largest absolute Gasteiger partial charge is 0.344 e. The molecule has 35 heavy (non-hydrogen) atoms. The molecular formula is C28H25ClN2O3S. The van der Waals surface area contributed by atoms with Crippen molar-refractivity contribution < 1.29 is 13.2 Å². The molecule has 4 aromatic rings. The summed E-state index contributed by atoms with van der Waals surface area (Å²) < 4.78 is 28.2. The molecule has 0 saturated heterocycles. The number of nitrogens with one attached hydrogen (secondary N) is 1. The van der Waals surface area contributed by atoms with E-state index in [4.69, 9.17) is 11.6 Å². The zero-order valence-electron chi connectivity index (χ0n) is 19.1. The molecule has 1 amide bonds. The van der Waals surface area contributed by atoms with E-state index in [1.165, 1.54) is 18.2 Å². The Hall–Kier alpha value is -3.61. The van der Waals surface area contributed by atoms with E-state index >= 15 is 0 Å². The number of halogens is 1. The first-order valence-corrected chi connectivity index (χ1v) is 12.9. The molecule has 0 aliphatic rings. The molecule has 1 N–H and O–H groups in total. The highest BCUT2D eigenvalue weighted by atomic mass is 35.5. The average Bonchev–Trinajstić information content (AvgIpc) is 2.87. The lowest BCUT2D eigenvalue weighted by molar-refractivity contribution is -0.120. The van der Waals surface area contributed by atoms with Crippen molar-refractivity contribution in [1.29, 1.82) is 0 Å². The van der Waals surface area contributed by atoms with Gasteiger partial charge in [-0.05, 0) is 48.4 Å². The van der Waals surface area contributed by atoms with Crippen LogP contribution in [0.15, 0.2) is 114 Å². The van der Waals surface area contributed by atoms with Crippen LogP contribution in [0.4, 0.5) is 5.69 Å². The maximum atomic E-state index is 13.6. The number of hydrogen-bond donors (Lipinski definition) is 1. The van der Waals surface area contributed by atoms with Crippen LogP contribution in [0.1, 0.15) is 22.7 Å². The van der Waals surface area contributed by atoms with Crippen LogP contribution in [-0.4, -0.2) is 20.9 Å². The average molecular weight is 505 g/mol.